The van der Waals surface area contributed by atoms with E-state index in [1.54, 1.807) is 0 Å². The molecule has 0 aliphatic carbocycles. The molecule has 0 radical (unpaired) electrons. The SMILES string of the molecule is C\C=C/C=C(\C=C/C)CS. The molecular formula is C9H14S. The normalized spacial score (nSPS) is 13.7. The van der Waals surface area contributed by atoms with E-state index in [1.165, 1.54) is 5.57 Å². The molecular weight excluding hydrogens is 140 g/mol. The second-order valence-electron chi connectivity index (χ2n) is 1.93. The van der Waals surface area contributed by atoms with Crippen LogP contribution in [-0.2, 0) is 0 Å². The Kier molecular flexibility index (Phi) is 6.40. The summed E-state index contributed by atoms with van der Waals surface area (Å²) in [5, 5.41) is 0. The molecule has 1 heteroatoms. The molecule has 0 saturated carbocycles. The van der Waals surface area contributed by atoms with Gasteiger partial charge in [-0.1, -0.05) is 30.4 Å². The summed E-state index contributed by atoms with van der Waals surface area (Å²) >= 11 is 4.17. The average Bonchev–Trinajstić information content (AvgIpc) is 1.98. The molecule has 0 nitrogen and oxygen atoms in total. The first-order chi connectivity index (χ1) is 4.85. The van der Waals surface area contributed by atoms with Crippen LogP contribution in [0.2, 0.25) is 0 Å². The molecule has 0 N–H and O–H groups in total. The lowest BCUT2D eigenvalue weighted by Crippen LogP contribution is -1.76. The van der Waals surface area contributed by atoms with Gasteiger partial charge in [0.2, 0.25) is 0 Å². The highest BCUT2D eigenvalue weighted by atomic mass is 32.1. The van der Waals surface area contributed by atoms with Crippen molar-refractivity contribution in [1.29, 1.82) is 0 Å². The molecule has 0 saturated heterocycles. The van der Waals surface area contributed by atoms with Gasteiger partial charge in [-0.25, -0.2) is 0 Å². The third-order valence-electron chi connectivity index (χ3n) is 1.07. The zero-order valence-electron chi connectivity index (χ0n) is 6.54. The van der Waals surface area contributed by atoms with E-state index in [0.29, 0.717) is 0 Å². The number of allylic oxidation sites excluding steroid dienone is 5. The largest absolute Gasteiger partial charge is 0.175 e. The standard InChI is InChI=1S/C9H14S/c1-3-5-7-9(8-10)6-4-2/h3-7,10H,8H2,1-2H3/b5-3-,6-4-,9-7+. The number of hydrogen-bond acceptors (Lipinski definition) is 1. The molecule has 0 unspecified atom stereocenters. The molecule has 0 aromatic rings. The zero-order chi connectivity index (χ0) is 7.82. The number of rotatable bonds is 3. The van der Waals surface area contributed by atoms with Crippen LogP contribution >= 0.6 is 12.6 Å². The molecule has 0 aliphatic rings. The Morgan fingerprint density at radius 3 is 2.40 bits per heavy atom. The van der Waals surface area contributed by atoms with Crippen molar-refractivity contribution in [3.8, 4) is 0 Å². The first-order valence-electron chi connectivity index (χ1n) is 3.40. The van der Waals surface area contributed by atoms with Crippen molar-refractivity contribution < 1.29 is 0 Å². The van der Waals surface area contributed by atoms with E-state index in [4.69, 9.17) is 0 Å². The maximum atomic E-state index is 4.17. The van der Waals surface area contributed by atoms with Crippen LogP contribution in [0.25, 0.3) is 0 Å². The second-order valence-corrected chi connectivity index (χ2v) is 2.24. The van der Waals surface area contributed by atoms with Crippen LogP contribution in [0.3, 0.4) is 0 Å². The molecule has 0 bridgehead atoms. The summed E-state index contributed by atoms with van der Waals surface area (Å²) in [4.78, 5) is 0. The maximum Gasteiger partial charge on any atom is 0.0154 e. The third kappa shape index (κ3) is 4.45. The predicted octanol–water partition coefficient (Wildman–Crippen LogP) is 2.99. The fourth-order valence-electron chi connectivity index (χ4n) is 0.595. The molecule has 0 amide bonds. The maximum absolute atomic E-state index is 4.17. The van der Waals surface area contributed by atoms with Crippen molar-refractivity contribution in [1.82, 2.24) is 0 Å². The average molecular weight is 154 g/mol. The highest BCUT2D eigenvalue weighted by molar-refractivity contribution is 7.80. The van der Waals surface area contributed by atoms with Gasteiger partial charge in [0.15, 0.2) is 0 Å². The Hall–Kier alpha value is -0.430. The van der Waals surface area contributed by atoms with E-state index in [-0.39, 0.29) is 0 Å². The van der Waals surface area contributed by atoms with Crippen LogP contribution in [0, 0.1) is 0 Å². The molecule has 0 aromatic carbocycles. The van der Waals surface area contributed by atoms with Gasteiger partial charge >= 0.3 is 0 Å². The van der Waals surface area contributed by atoms with Crippen LogP contribution < -0.4 is 0 Å². The van der Waals surface area contributed by atoms with Gasteiger partial charge < -0.3 is 0 Å². The predicted molar refractivity (Wildman–Crippen MR) is 51.6 cm³/mol. The van der Waals surface area contributed by atoms with Crippen LogP contribution in [0.4, 0.5) is 0 Å². The fraction of sp³-hybridized carbons (Fsp3) is 0.333. The molecule has 0 rings (SSSR count). The molecule has 0 spiro atoms. The smallest absolute Gasteiger partial charge is 0.0154 e. The van der Waals surface area contributed by atoms with Gasteiger partial charge in [0.05, 0.1) is 0 Å². The van der Waals surface area contributed by atoms with E-state index >= 15 is 0 Å². The van der Waals surface area contributed by atoms with Gasteiger partial charge in [-0.05, 0) is 19.4 Å². The first-order valence-corrected chi connectivity index (χ1v) is 4.03. The minimum Gasteiger partial charge on any atom is -0.175 e. The molecule has 0 fully saturated rings. The summed E-state index contributed by atoms with van der Waals surface area (Å²) in [6.45, 7) is 4.01. The zero-order valence-corrected chi connectivity index (χ0v) is 7.44. The first kappa shape index (κ1) is 9.57. The lowest BCUT2D eigenvalue weighted by molar-refractivity contribution is 1.52. The Morgan fingerprint density at radius 1 is 1.30 bits per heavy atom. The quantitative estimate of drug-likeness (QED) is 0.469. The summed E-state index contributed by atoms with van der Waals surface area (Å²) < 4.78 is 0. The Balaban J connectivity index is 4.04. The molecule has 0 aromatic heterocycles. The van der Waals surface area contributed by atoms with Crippen molar-refractivity contribution in [2.24, 2.45) is 0 Å². The second kappa shape index (κ2) is 6.69. The minimum absolute atomic E-state index is 0.800. The van der Waals surface area contributed by atoms with Crippen LogP contribution in [-0.4, -0.2) is 5.75 Å². The van der Waals surface area contributed by atoms with E-state index in [9.17, 15) is 0 Å². The Bertz CT molecular complexity index is 152. The Morgan fingerprint density at radius 2 is 2.00 bits per heavy atom. The summed E-state index contributed by atoms with van der Waals surface area (Å²) in [6, 6.07) is 0. The fourth-order valence-corrected chi connectivity index (χ4v) is 0.806. The van der Waals surface area contributed by atoms with Gasteiger partial charge in [0.25, 0.3) is 0 Å². The van der Waals surface area contributed by atoms with E-state index in [2.05, 4.69) is 24.8 Å². The van der Waals surface area contributed by atoms with Crippen molar-refractivity contribution >= 4 is 12.6 Å². The van der Waals surface area contributed by atoms with Crippen LogP contribution in [0.15, 0.2) is 36.0 Å². The van der Waals surface area contributed by atoms with E-state index < -0.39 is 0 Å². The summed E-state index contributed by atoms with van der Waals surface area (Å²) in [6.07, 6.45) is 10.2. The summed E-state index contributed by atoms with van der Waals surface area (Å²) in [5.74, 6) is 0.800. The number of thiol groups is 1. The van der Waals surface area contributed by atoms with Gasteiger partial charge in [-0.15, -0.1) is 0 Å². The van der Waals surface area contributed by atoms with Gasteiger partial charge in [0, 0.05) is 5.75 Å². The molecule has 56 valence electrons. The highest BCUT2D eigenvalue weighted by Gasteiger charge is 1.82. The van der Waals surface area contributed by atoms with E-state index in [0.717, 1.165) is 5.75 Å². The minimum atomic E-state index is 0.800. The topological polar surface area (TPSA) is 0 Å². The lowest BCUT2D eigenvalue weighted by Gasteiger charge is -1.90. The molecule has 0 atom stereocenters. The van der Waals surface area contributed by atoms with Crippen molar-refractivity contribution in [3.63, 3.8) is 0 Å². The highest BCUT2D eigenvalue weighted by Crippen LogP contribution is 1.99. The lowest BCUT2D eigenvalue weighted by atomic mass is 10.2. The molecule has 0 aliphatic heterocycles. The molecule has 10 heavy (non-hydrogen) atoms. The summed E-state index contributed by atoms with van der Waals surface area (Å²) in [5.41, 5.74) is 1.24. The van der Waals surface area contributed by atoms with Crippen LogP contribution in [0.5, 0.6) is 0 Å². The van der Waals surface area contributed by atoms with Gasteiger partial charge in [-0.3, -0.25) is 0 Å². The van der Waals surface area contributed by atoms with Gasteiger partial charge in [-0.2, -0.15) is 12.6 Å². The van der Waals surface area contributed by atoms with Crippen molar-refractivity contribution in [2.75, 3.05) is 5.75 Å². The molecule has 0 heterocycles. The number of hydrogen-bond donors (Lipinski definition) is 1. The van der Waals surface area contributed by atoms with Crippen molar-refractivity contribution in [2.45, 2.75) is 13.8 Å². The summed E-state index contributed by atoms with van der Waals surface area (Å²) in [7, 11) is 0. The van der Waals surface area contributed by atoms with E-state index in [1.807, 2.05) is 32.1 Å². The van der Waals surface area contributed by atoms with Crippen molar-refractivity contribution in [3.05, 3.63) is 36.0 Å². The Labute approximate surface area is 68.7 Å². The van der Waals surface area contributed by atoms with Crippen LogP contribution in [0.1, 0.15) is 13.8 Å². The van der Waals surface area contributed by atoms with Gasteiger partial charge in [0.1, 0.15) is 0 Å². The third-order valence-corrected chi connectivity index (χ3v) is 1.43. The monoisotopic (exact) mass is 154 g/mol.